The highest BCUT2D eigenvalue weighted by Gasteiger charge is 2.29. The monoisotopic (exact) mass is 404 g/mol. The fourth-order valence-electron chi connectivity index (χ4n) is 3.10. The first-order chi connectivity index (χ1) is 14.6. The average molecular weight is 404 g/mol. The van der Waals surface area contributed by atoms with Crippen molar-refractivity contribution in [2.24, 2.45) is 0 Å². The summed E-state index contributed by atoms with van der Waals surface area (Å²) in [5.74, 6) is 2.08. The number of terminal acetylenes is 1. The molecule has 0 radical (unpaired) electrons. The van der Waals surface area contributed by atoms with Crippen LogP contribution in [0.15, 0.2) is 73.0 Å². The minimum Gasteiger partial charge on any atom is -0.458 e. The van der Waals surface area contributed by atoms with Crippen molar-refractivity contribution in [2.75, 3.05) is 6.61 Å². The summed E-state index contributed by atoms with van der Waals surface area (Å²) in [6, 6.07) is 15.1. The Balaban J connectivity index is 1.74. The van der Waals surface area contributed by atoms with E-state index in [1.807, 2.05) is 48.5 Å². The molecule has 1 aliphatic heterocycles. The van der Waals surface area contributed by atoms with Crippen molar-refractivity contribution in [3.8, 4) is 12.3 Å². The molecule has 5 heteroatoms. The molecule has 1 aliphatic rings. The third kappa shape index (κ3) is 5.60. The summed E-state index contributed by atoms with van der Waals surface area (Å²) in [6.07, 6.45) is 8.62. The number of carbonyl (C=O) groups is 1. The Kier molecular flexibility index (Phi) is 7.45. The maximum absolute atomic E-state index is 12.4. The van der Waals surface area contributed by atoms with Crippen molar-refractivity contribution in [2.45, 2.75) is 31.8 Å². The molecule has 0 fully saturated rings. The fourth-order valence-corrected chi connectivity index (χ4v) is 3.10. The van der Waals surface area contributed by atoms with Gasteiger partial charge in [-0.15, -0.1) is 6.42 Å². The van der Waals surface area contributed by atoms with Gasteiger partial charge in [-0.2, -0.15) is 0 Å². The second kappa shape index (κ2) is 10.4. The molecule has 5 nitrogen and oxygen atoms in total. The van der Waals surface area contributed by atoms with E-state index < -0.39 is 12.3 Å². The van der Waals surface area contributed by atoms with Gasteiger partial charge in [0.05, 0.1) is 13.2 Å². The fraction of sp³-hybridized carbons (Fsp3) is 0.240. The van der Waals surface area contributed by atoms with E-state index in [0.29, 0.717) is 13.0 Å². The van der Waals surface area contributed by atoms with Gasteiger partial charge in [-0.05, 0) is 34.9 Å². The van der Waals surface area contributed by atoms with Crippen LogP contribution in [0.1, 0.15) is 34.6 Å². The van der Waals surface area contributed by atoms with Crippen molar-refractivity contribution in [3.05, 3.63) is 95.3 Å². The van der Waals surface area contributed by atoms with Gasteiger partial charge < -0.3 is 19.3 Å². The van der Waals surface area contributed by atoms with Crippen LogP contribution in [0.2, 0.25) is 0 Å². The molecule has 0 unspecified atom stereocenters. The standard InChI is InChI=1S/C25H24O5/c1-3-13-28-25(27)23-14-22(21-11-9-18(4-2)10-12-21)15-24(30-23)29-17-20-7-5-19(16-26)6-8-20/h2-3,5-12,14,22,24,26H,1,13,15-17H2/t22-,24+/m1/s1. The summed E-state index contributed by atoms with van der Waals surface area (Å²) in [5.41, 5.74) is 3.57. The SMILES string of the molecule is C#Cc1ccc([C@@H]2C=C(C(=O)OCC=C)O[C@H](OCc3ccc(CO)cc3)C2)cc1. The summed E-state index contributed by atoms with van der Waals surface area (Å²) >= 11 is 0. The van der Waals surface area contributed by atoms with E-state index in [1.165, 1.54) is 6.08 Å². The predicted octanol–water partition coefficient (Wildman–Crippen LogP) is 3.82. The molecule has 2 atom stereocenters. The molecule has 1 N–H and O–H groups in total. The second-order valence-electron chi connectivity index (χ2n) is 6.86. The van der Waals surface area contributed by atoms with Crippen molar-refractivity contribution in [1.82, 2.24) is 0 Å². The molecule has 3 rings (SSSR count). The molecule has 154 valence electrons. The number of ether oxygens (including phenoxy) is 3. The van der Waals surface area contributed by atoms with Gasteiger partial charge in [0.25, 0.3) is 0 Å². The summed E-state index contributed by atoms with van der Waals surface area (Å²) in [6.45, 7) is 3.96. The number of aliphatic hydroxyl groups is 1. The molecule has 2 aromatic rings. The number of carbonyl (C=O) groups excluding carboxylic acids is 1. The molecule has 2 aromatic carbocycles. The van der Waals surface area contributed by atoms with Crippen LogP contribution < -0.4 is 0 Å². The first kappa shape index (κ1) is 21.4. The van der Waals surface area contributed by atoms with Crippen molar-refractivity contribution < 1.29 is 24.1 Å². The summed E-state index contributed by atoms with van der Waals surface area (Å²) < 4.78 is 16.8. The minimum atomic E-state index is -0.615. The number of hydrogen-bond donors (Lipinski definition) is 1. The van der Waals surface area contributed by atoms with Crippen LogP contribution in [0.25, 0.3) is 0 Å². The maximum atomic E-state index is 12.4. The average Bonchev–Trinajstić information content (AvgIpc) is 2.81. The normalized spacial score (nSPS) is 17.9. The van der Waals surface area contributed by atoms with Crippen LogP contribution in [0.5, 0.6) is 0 Å². The second-order valence-corrected chi connectivity index (χ2v) is 6.86. The lowest BCUT2D eigenvalue weighted by atomic mass is 9.92. The Hall–Kier alpha value is -3.33. The van der Waals surface area contributed by atoms with Crippen LogP contribution >= 0.6 is 0 Å². The first-order valence-electron chi connectivity index (χ1n) is 9.66. The van der Waals surface area contributed by atoms with Crippen molar-refractivity contribution in [1.29, 1.82) is 0 Å². The molecule has 0 saturated carbocycles. The van der Waals surface area contributed by atoms with Crippen molar-refractivity contribution in [3.63, 3.8) is 0 Å². The van der Waals surface area contributed by atoms with Gasteiger partial charge in [-0.1, -0.05) is 55.0 Å². The van der Waals surface area contributed by atoms with E-state index >= 15 is 0 Å². The lowest BCUT2D eigenvalue weighted by Gasteiger charge is -2.29. The van der Waals surface area contributed by atoms with Gasteiger partial charge >= 0.3 is 5.97 Å². The zero-order chi connectivity index (χ0) is 21.3. The largest absolute Gasteiger partial charge is 0.458 e. The lowest BCUT2D eigenvalue weighted by molar-refractivity contribution is -0.163. The molecular weight excluding hydrogens is 380 g/mol. The molecule has 0 spiro atoms. The molecule has 0 bridgehead atoms. The topological polar surface area (TPSA) is 65.0 Å². The maximum Gasteiger partial charge on any atom is 0.373 e. The van der Waals surface area contributed by atoms with Gasteiger partial charge in [0, 0.05) is 17.9 Å². The van der Waals surface area contributed by atoms with Gasteiger partial charge in [0.15, 0.2) is 0 Å². The highest BCUT2D eigenvalue weighted by Crippen LogP contribution is 2.32. The summed E-state index contributed by atoms with van der Waals surface area (Å²) in [5, 5.41) is 9.16. The Labute approximate surface area is 176 Å². The highest BCUT2D eigenvalue weighted by molar-refractivity contribution is 5.86. The number of allylic oxidation sites excluding steroid dienone is 1. The zero-order valence-electron chi connectivity index (χ0n) is 16.6. The smallest absolute Gasteiger partial charge is 0.373 e. The molecule has 1 heterocycles. The number of aliphatic hydroxyl groups excluding tert-OH is 1. The van der Waals surface area contributed by atoms with Crippen LogP contribution in [0.3, 0.4) is 0 Å². The number of hydrogen-bond acceptors (Lipinski definition) is 5. The Morgan fingerprint density at radius 1 is 1.20 bits per heavy atom. The Morgan fingerprint density at radius 2 is 1.90 bits per heavy atom. The van der Waals surface area contributed by atoms with Crippen LogP contribution in [0, 0.1) is 12.3 Å². The quantitative estimate of drug-likeness (QED) is 0.412. The molecule has 0 amide bonds. The van der Waals surface area contributed by atoms with E-state index in [0.717, 1.165) is 22.3 Å². The van der Waals surface area contributed by atoms with Gasteiger partial charge in [0.2, 0.25) is 12.0 Å². The first-order valence-corrected chi connectivity index (χ1v) is 9.66. The predicted molar refractivity (Wildman–Crippen MR) is 113 cm³/mol. The summed E-state index contributed by atoms with van der Waals surface area (Å²) in [4.78, 5) is 12.4. The third-order valence-electron chi connectivity index (χ3n) is 4.74. The van der Waals surface area contributed by atoms with Crippen LogP contribution in [-0.4, -0.2) is 24.0 Å². The number of benzene rings is 2. The van der Waals surface area contributed by atoms with E-state index in [2.05, 4.69) is 12.5 Å². The molecule has 30 heavy (non-hydrogen) atoms. The van der Waals surface area contributed by atoms with Crippen molar-refractivity contribution >= 4 is 5.97 Å². The molecular formula is C25H24O5. The number of rotatable bonds is 8. The van der Waals surface area contributed by atoms with Gasteiger partial charge in [-0.25, -0.2) is 4.79 Å². The van der Waals surface area contributed by atoms with Gasteiger partial charge in [0.1, 0.15) is 6.61 Å². The molecule has 0 aliphatic carbocycles. The van der Waals surface area contributed by atoms with E-state index in [9.17, 15) is 4.79 Å². The minimum absolute atomic E-state index is 0.00596. The third-order valence-corrected chi connectivity index (χ3v) is 4.74. The lowest BCUT2D eigenvalue weighted by Crippen LogP contribution is -2.27. The van der Waals surface area contributed by atoms with Gasteiger partial charge in [-0.3, -0.25) is 0 Å². The van der Waals surface area contributed by atoms with E-state index in [1.54, 1.807) is 6.08 Å². The highest BCUT2D eigenvalue weighted by atomic mass is 16.7. The Morgan fingerprint density at radius 3 is 2.53 bits per heavy atom. The zero-order valence-corrected chi connectivity index (χ0v) is 16.6. The van der Waals surface area contributed by atoms with Crippen LogP contribution in [0.4, 0.5) is 0 Å². The number of esters is 1. The molecule has 0 aromatic heterocycles. The summed E-state index contributed by atoms with van der Waals surface area (Å²) in [7, 11) is 0. The van der Waals surface area contributed by atoms with Crippen LogP contribution in [-0.2, 0) is 32.2 Å². The Bertz CT molecular complexity index is 935. The van der Waals surface area contributed by atoms with E-state index in [-0.39, 0.29) is 24.9 Å². The molecule has 0 saturated heterocycles. The van der Waals surface area contributed by atoms with E-state index in [4.69, 9.17) is 25.7 Å².